The highest BCUT2D eigenvalue weighted by Crippen LogP contribution is 2.33. The highest BCUT2D eigenvalue weighted by molar-refractivity contribution is 9.10. The van der Waals surface area contributed by atoms with E-state index in [0.29, 0.717) is 23.8 Å². The molecule has 4 heteroatoms. The van der Waals surface area contributed by atoms with Gasteiger partial charge in [0.2, 0.25) is 0 Å². The molecular weight excluding hydrogens is 328 g/mol. The summed E-state index contributed by atoms with van der Waals surface area (Å²) in [5.74, 6) is 1.98. The maximum absolute atomic E-state index is 12.6. The first-order valence-electron chi connectivity index (χ1n) is 8.08. The van der Waals surface area contributed by atoms with Crippen LogP contribution in [0.25, 0.3) is 0 Å². The second kappa shape index (κ2) is 6.99. The monoisotopic (exact) mass is 354 g/mol. The molecule has 118 valence electrons. The summed E-state index contributed by atoms with van der Waals surface area (Å²) >= 11 is 3.46. The van der Waals surface area contributed by atoms with Gasteiger partial charge in [-0.2, -0.15) is 0 Å². The van der Waals surface area contributed by atoms with Gasteiger partial charge in [-0.3, -0.25) is 4.79 Å². The van der Waals surface area contributed by atoms with E-state index < -0.39 is 0 Å². The lowest BCUT2D eigenvalue weighted by Gasteiger charge is -2.37. The molecule has 3 unspecified atom stereocenters. The Morgan fingerprint density at radius 2 is 2.19 bits per heavy atom. The van der Waals surface area contributed by atoms with Crippen LogP contribution in [0.1, 0.15) is 57.4 Å². The fourth-order valence-corrected chi connectivity index (χ4v) is 4.00. The van der Waals surface area contributed by atoms with Crippen LogP contribution in [0.5, 0.6) is 0 Å². The molecule has 1 amide bonds. The van der Waals surface area contributed by atoms with E-state index in [1.54, 1.807) is 0 Å². The number of nitrogens with zero attached hydrogens (tertiary/aromatic N) is 1. The Balaban J connectivity index is 2.12. The summed E-state index contributed by atoms with van der Waals surface area (Å²) in [6.45, 7) is 9.70. The summed E-state index contributed by atoms with van der Waals surface area (Å²) in [5.41, 5.74) is 0.755. The third-order valence-electron chi connectivity index (χ3n) is 4.78. The van der Waals surface area contributed by atoms with Crippen LogP contribution >= 0.6 is 15.9 Å². The minimum absolute atomic E-state index is 0.0623. The standard InChI is InChI=1S/C17H27BrN2O/c1-5-20-10-13(18)9-16(20)17(21)19-15-8-12(4)6-7-14(15)11(2)3/h9-12,14-15H,5-8H2,1-4H3,(H,19,21). The van der Waals surface area contributed by atoms with Crippen LogP contribution in [-0.2, 0) is 6.54 Å². The van der Waals surface area contributed by atoms with Gasteiger partial charge in [-0.1, -0.05) is 27.2 Å². The molecule has 3 nitrogen and oxygen atoms in total. The molecule has 1 N–H and O–H groups in total. The number of aromatic nitrogens is 1. The predicted octanol–water partition coefficient (Wildman–Crippen LogP) is 4.46. The average molecular weight is 355 g/mol. The van der Waals surface area contributed by atoms with Crippen molar-refractivity contribution in [2.45, 2.75) is 59.5 Å². The molecule has 0 radical (unpaired) electrons. The van der Waals surface area contributed by atoms with Crippen molar-refractivity contribution in [3.05, 3.63) is 22.4 Å². The van der Waals surface area contributed by atoms with Crippen molar-refractivity contribution in [2.75, 3.05) is 0 Å². The number of halogens is 1. The maximum atomic E-state index is 12.6. The van der Waals surface area contributed by atoms with Crippen LogP contribution in [0, 0.1) is 17.8 Å². The van der Waals surface area contributed by atoms with Gasteiger partial charge in [0.25, 0.3) is 5.91 Å². The molecule has 1 aromatic rings. The summed E-state index contributed by atoms with van der Waals surface area (Å²) < 4.78 is 2.96. The van der Waals surface area contributed by atoms with Crippen molar-refractivity contribution in [1.29, 1.82) is 0 Å². The lowest BCUT2D eigenvalue weighted by molar-refractivity contribution is 0.0858. The van der Waals surface area contributed by atoms with Gasteiger partial charge >= 0.3 is 0 Å². The van der Waals surface area contributed by atoms with E-state index in [2.05, 4.69) is 48.9 Å². The average Bonchev–Trinajstić information content (AvgIpc) is 2.79. The van der Waals surface area contributed by atoms with Crippen molar-refractivity contribution in [3.63, 3.8) is 0 Å². The maximum Gasteiger partial charge on any atom is 0.268 e. The predicted molar refractivity (Wildman–Crippen MR) is 90.4 cm³/mol. The quantitative estimate of drug-likeness (QED) is 0.850. The summed E-state index contributed by atoms with van der Waals surface area (Å²) in [6.07, 6.45) is 5.58. The van der Waals surface area contributed by atoms with Gasteiger partial charge in [0.15, 0.2) is 0 Å². The molecular formula is C17H27BrN2O. The van der Waals surface area contributed by atoms with E-state index >= 15 is 0 Å². The number of amides is 1. The molecule has 21 heavy (non-hydrogen) atoms. The van der Waals surface area contributed by atoms with Crippen molar-refractivity contribution in [2.24, 2.45) is 17.8 Å². The molecule has 0 aromatic carbocycles. The summed E-state index contributed by atoms with van der Waals surface area (Å²) in [4.78, 5) is 12.6. The van der Waals surface area contributed by atoms with E-state index in [4.69, 9.17) is 0 Å². The first-order valence-corrected chi connectivity index (χ1v) is 8.88. The van der Waals surface area contributed by atoms with Gasteiger partial charge in [-0.05, 0) is 59.5 Å². The Kier molecular flexibility index (Phi) is 5.53. The van der Waals surface area contributed by atoms with Gasteiger partial charge in [0.05, 0.1) is 0 Å². The van der Waals surface area contributed by atoms with Crippen LogP contribution in [0.15, 0.2) is 16.7 Å². The van der Waals surface area contributed by atoms with Gasteiger partial charge in [0, 0.05) is 23.3 Å². The molecule has 1 saturated carbocycles. The van der Waals surface area contributed by atoms with Gasteiger partial charge in [0.1, 0.15) is 5.69 Å². The second-order valence-corrected chi connectivity index (χ2v) is 7.65. The lowest BCUT2D eigenvalue weighted by Crippen LogP contribution is -2.46. The van der Waals surface area contributed by atoms with E-state index in [0.717, 1.165) is 23.1 Å². The molecule has 3 atom stereocenters. The number of carbonyl (C=O) groups excluding carboxylic acids is 1. The van der Waals surface area contributed by atoms with E-state index in [1.807, 2.05) is 16.8 Å². The van der Waals surface area contributed by atoms with Crippen molar-refractivity contribution >= 4 is 21.8 Å². The normalized spacial score (nSPS) is 26.1. The second-order valence-electron chi connectivity index (χ2n) is 6.74. The number of carbonyl (C=O) groups is 1. The molecule has 1 fully saturated rings. The number of aryl methyl sites for hydroxylation is 1. The first-order chi connectivity index (χ1) is 9.92. The molecule has 1 aromatic heterocycles. The molecule has 0 saturated heterocycles. The molecule has 0 spiro atoms. The smallest absolute Gasteiger partial charge is 0.268 e. The molecule has 2 rings (SSSR count). The minimum atomic E-state index is 0.0623. The third-order valence-corrected chi connectivity index (χ3v) is 5.21. The molecule has 1 heterocycles. The van der Waals surface area contributed by atoms with Gasteiger partial charge in [-0.25, -0.2) is 0 Å². The fraction of sp³-hybridized carbons (Fsp3) is 0.706. The zero-order valence-electron chi connectivity index (χ0n) is 13.5. The van der Waals surface area contributed by atoms with Crippen LogP contribution in [-0.4, -0.2) is 16.5 Å². The van der Waals surface area contributed by atoms with E-state index in [-0.39, 0.29) is 5.91 Å². The SMILES string of the molecule is CCn1cc(Br)cc1C(=O)NC1CC(C)CCC1C(C)C. The zero-order valence-corrected chi connectivity index (χ0v) is 15.1. The highest BCUT2D eigenvalue weighted by Gasteiger charge is 2.32. The topological polar surface area (TPSA) is 34.0 Å². The molecule has 0 aliphatic heterocycles. The van der Waals surface area contributed by atoms with Crippen LogP contribution in [0.3, 0.4) is 0 Å². The lowest BCUT2D eigenvalue weighted by atomic mass is 9.74. The Labute approximate surface area is 136 Å². The van der Waals surface area contributed by atoms with E-state index in [1.165, 1.54) is 12.8 Å². The summed E-state index contributed by atoms with van der Waals surface area (Å²) in [6, 6.07) is 2.22. The summed E-state index contributed by atoms with van der Waals surface area (Å²) in [5, 5.41) is 3.30. The Bertz CT molecular complexity index is 495. The van der Waals surface area contributed by atoms with Crippen molar-refractivity contribution in [1.82, 2.24) is 9.88 Å². The van der Waals surface area contributed by atoms with Crippen LogP contribution in [0.2, 0.25) is 0 Å². The number of rotatable bonds is 4. The van der Waals surface area contributed by atoms with Gasteiger partial charge < -0.3 is 9.88 Å². The number of hydrogen-bond acceptors (Lipinski definition) is 1. The van der Waals surface area contributed by atoms with Crippen LogP contribution < -0.4 is 5.32 Å². The molecule has 1 aliphatic carbocycles. The number of hydrogen-bond donors (Lipinski definition) is 1. The molecule has 0 bridgehead atoms. The Morgan fingerprint density at radius 1 is 1.48 bits per heavy atom. The third kappa shape index (κ3) is 3.91. The van der Waals surface area contributed by atoms with Crippen molar-refractivity contribution in [3.8, 4) is 0 Å². The largest absolute Gasteiger partial charge is 0.348 e. The summed E-state index contributed by atoms with van der Waals surface area (Å²) in [7, 11) is 0. The minimum Gasteiger partial charge on any atom is -0.348 e. The Hall–Kier alpha value is -0.770. The van der Waals surface area contributed by atoms with Crippen LogP contribution in [0.4, 0.5) is 0 Å². The Morgan fingerprint density at radius 3 is 2.81 bits per heavy atom. The fourth-order valence-electron chi connectivity index (χ4n) is 3.54. The number of nitrogens with one attached hydrogen (secondary N) is 1. The molecule has 1 aliphatic rings. The van der Waals surface area contributed by atoms with E-state index in [9.17, 15) is 4.79 Å². The first kappa shape index (κ1) is 16.6. The zero-order chi connectivity index (χ0) is 15.6. The highest BCUT2D eigenvalue weighted by atomic mass is 79.9. The van der Waals surface area contributed by atoms with Gasteiger partial charge in [-0.15, -0.1) is 0 Å². The van der Waals surface area contributed by atoms with Crippen molar-refractivity contribution < 1.29 is 4.79 Å².